The third kappa shape index (κ3) is 14.3. The Kier molecular flexibility index (Phi) is 17.3. The number of hydrogen-bond acceptors (Lipinski definition) is 19. The number of quaternary nitrogens is 1. The molecule has 0 spiro atoms. The molecule has 28 heteroatoms. The Morgan fingerprint density at radius 3 is 1.20 bits per heavy atom. The number of fused-ring (bicyclic) bond motifs is 6. The van der Waals surface area contributed by atoms with Gasteiger partial charge in [-0.25, -0.2) is 39.5 Å². The number of rotatable bonds is 9. The van der Waals surface area contributed by atoms with Crippen LogP contribution in [0, 0.1) is 0 Å². The van der Waals surface area contributed by atoms with Crippen molar-refractivity contribution in [1.29, 1.82) is 0 Å². The van der Waals surface area contributed by atoms with Gasteiger partial charge >= 0.3 is 11.9 Å². The zero-order valence-electron chi connectivity index (χ0n) is 43.3. The van der Waals surface area contributed by atoms with Crippen molar-refractivity contribution >= 4 is 130 Å². The molecule has 85 heavy (non-hydrogen) atoms. The number of carboxylic acid groups (broad SMARTS) is 3. The first kappa shape index (κ1) is 60.1. The van der Waals surface area contributed by atoms with Gasteiger partial charge in [-0.05, 0) is 146 Å². The van der Waals surface area contributed by atoms with Gasteiger partial charge in [-0.3, -0.25) is 13.7 Å². The summed E-state index contributed by atoms with van der Waals surface area (Å²) in [7, 11) is -13.8. The van der Waals surface area contributed by atoms with Gasteiger partial charge < -0.3 is 26.3 Å². The van der Waals surface area contributed by atoms with E-state index in [4.69, 9.17) is 5.11 Å². The predicted molar refractivity (Wildman–Crippen MR) is 317 cm³/mol. The van der Waals surface area contributed by atoms with Crippen molar-refractivity contribution in [2.75, 3.05) is 0 Å². The Hall–Kier alpha value is -9.46. The number of nitrogens with zero attached hydrogens (tertiary/aromatic N) is 6. The van der Waals surface area contributed by atoms with E-state index in [1.807, 2.05) is 84.9 Å². The Labute approximate surface area is 492 Å². The fraction of sp³-hybridized carbons (Fsp3) is 0. The molecular weight excluding hydrogens is 1220 g/mol. The summed E-state index contributed by atoms with van der Waals surface area (Å²) in [6, 6.07) is 48.3. The fourth-order valence-electron chi connectivity index (χ4n) is 8.13. The zero-order valence-corrected chi connectivity index (χ0v) is 48.2. The lowest BCUT2D eigenvalue weighted by molar-refractivity contribution is -0.255. The van der Waals surface area contributed by atoms with Gasteiger partial charge in [0.1, 0.15) is 4.90 Å². The summed E-state index contributed by atoms with van der Waals surface area (Å²) in [5.41, 5.74) is 4.30. The summed E-state index contributed by atoms with van der Waals surface area (Å²) in [6.45, 7) is 0. The van der Waals surface area contributed by atoms with Gasteiger partial charge in [-0.2, -0.15) is 25.3 Å². The van der Waals surface area contributed by atoms with E-state index in [9.17, 15) is 63.5 Å². The number of aromatic carboxylic acids is 3. The fourth-order valence-corrected chi connectivity index (χ4v) is 12.8. The summed E-state index contributed by atoms with van der Waals surface area (Å²) >= 11 is 4.58. The molecule has 0 bridgehead atoms. The van der Waals surface area contributed by atoms with Crippen LogP contribution in [0.15, 0.2) is 212 Å². The van der Waals surface area contributed by atoms with E-state index in [0.29, 0.717) is 21.8 Å². The predicted octanol–water partition coefficient (Wildman–Crippen LogP) is 9.78. The van der Waals surface area contributed by atoms with Gasteiger partial charge in [0.25, 0.3) is 30.4 Å². The molecule has 6 aromatic carbocycles. The van der Waals surface area contributed by atoms with Crippen LogP contribution in [0.5, 0.6) is 0 Å². The maximum absolute atomic E-state index is 11.6. The second-order valence-corrected chi connectivity index (χ2v) is 25.3. The average Bonchev–Trinajstić information content (AvgIpc) is 3.66. The van der Waals surface area contributed by atoms with Crippen LogP contribution in [0.4, 0.5) is 17.1 Å². The van der Waals surface area contributed by atoms with Crippen LogP contribution in [0.1, 0.15) is 31.1 Å². The molecule has 0 amide bonds. The second-order valence-electron chi connectivity index (χ2n) is 17.8. The summed E-state index contributed by atoms with van der Waals surface area (Å²) in [5.74, 6) is -4.00. The van der Waals surface area contributed by atoms with Crippen LogP contribution in [-0.2, 0) is 30.4 Å². The zero-order chi connectivity index (χ0) is 59.7. The lowest BCUT2D eigenvalue weighted by Gasteiger charge is -2.07. The monoisotopic (exact) mass is 1250 g/mol. The lowest BCUT2D eigenvalue weighted by atomic mass is 10.1. The number of aromatic nitrogens is 3. The number of carboxylic acids is 3. The molecule has 6 aromatic rings. The molecule has 0 fully saturated rings. The van der Waals surface area contributed by atoms with Crippen LogP contribution in [0.25, 0.3) is 62.4 Å². The Bertz CT molecular complexity index is 5120. The van der Waals surface area contributed by atoms with Crippen LogP contribution in [-0.4, -0.2) is 82.0 Å². The lowest BCUT2D eigenvalue weighted by Crippen LogP contribution is -2.22. The molecule has 12 rings (SSSR count). The normalized spacial score (nSPS) is 12.4. The minimum Gasteiger partial charge on any atom is -0.545 e. The molecule has 0 unspecified atom stereocenters. The summed E-state index contributed by atoms with van der Waals surface area (Å²) < 4.78 is 99.8. The molecule has 6 aliphatic rings. The largest absolute Gasteiger partial charge is 0.545 e. The average molecular weight is 1250 g/mol. The van der Waals surface area contributed by atoms with Crippen molar-refractivity contribution in [3.05, 3.63) is 215 Å². The van der Waals surface area contributed by atoms with Crippen molar-refractivity contribution in [3.63, 3.8) is 0 Å². The highest BCUT2D eigenvalue weighted by Gasteiger charge is 2.21. The van der Waals surface area contributed by atoms with Crippen molar-refractivity contribution in [1.82, 2.24) is 21.1 Å². The maximum atomic E-state index is 11.6. The standard InChI is InChI=1S/C20H12N2O4S.C19H12N2O5S2.C18H12N2O6S3.H3N/c23-19(24)11-7-12(20(25)26)9-14(8-11)21-13-5-6-16-18(10-13)27-17-4-2-1-3-15(17)22-16;22-19(23)11-7-13(9-14(8-11)28(24,25)26)20-12-5-6-16-18(10-12)27-17-4-2-1-3-15(17)21-16;21-28(22,23)12-6-8-18(29(24,25)26)15(10-12)19-11-5-7-14-17(9-11)27-16-4-2-1-3-13(16)20-14;/h1-10H,(H,23,24)(H,25,26);1-10H,(H,22,23)(H,24,25,26);1-10H,(H,21,22,23)(H,24,25,26);1H3. The molecule has 0 radical (unpaired) electrons. The molecule has 3 aliphatic heterocycles. The Morgan fingerprint density at radius 2 is 0.800 bits per heavy atom. The first-order chi connectivity index (χ1) is 39.9. The van der Waals surface area contributed by atoms with Crippen LogP contribution in [0.2, 0.25) is 0 Å². The number of benzene rings is 9. The smallest absolute Gasteiger partial charge is 0.335 e. The maximum Gasteiger partial charge on any atom is 0.335 e. The number of carbonyl (C=O) groups is 3. The van der Waals surface area contributed by atoms with Gasteiger partial charge in [0.15, 0.2) is 0 Å². The highest BCUT2D eigenvalue weighted by molar-refractivity contribution is 7.86. The number of carbonyl (C=O) groups excluding carboxylic acids is 1. The van der Waals surface area contributed by atoms with Crippen molar-refractivity contribution in [2.24, 2.45) is 15.0 Å². The quantitative estimate of drug-likeness (QED) is 0.0578. The minimum absolute atomic E-state index is 0. The molecule has 428 valence electrons. The molecule has 3 heterocycles. The third-order valence-corrected chi connectivity index (χ3v) is 17.8. The van der Waals surface area contributed by atoms with E-state index in [2.05, 4.69) is 29.9 Å². The topological polar surface area (TPSA) is 390 Å². The van der Waals surface area contributed by atoms with E-state index in [1.54, 1.807) is 53.8 Å². The SMILES string of the molecule is O=C(O)c1cc(N=c2ccc3nc4ccccc4sc-3c2)cc(S(=O)(=O)O)c1.O=C([O-])c1cc(N=c2ccc3nc4ccccc4sc-3c2)cc(C(=O)O)c1.O=S(=O)(O)c1ccc(S(=O)(=O)O)c(N=c2ccc3nc4ccccc4sc-3c2)c1.[NH4+]. The highest BCUT2D eigenvalue weighted by Crippen LogP contribution is 2.33. The van der Waals surface area contributed by atoms with Crippen LogP contribution < -0.4 is 27.3 Å². The summed E-state index contributed by atoms with van der Waals surface area (Å²) in [4.78, 5) is 61.2. The highest BCUT2D eigenvalue weighted by atomic mass is 32.2. The van der Waals surface area contributed by atoms with Crippen molar-refractivity contribution in [3.8, 4) is 31.7 Å². The van der Waals surface area contributed by atoms with Gasteiger partial charge in [0.05, 0.1) is 122 Å². The molecule has 22 nitrogen and oxygen atoms in total. The van der Waals surface area contributed by atoms with Gasteiger partial charge in [-0.15, -0.1) is 34.0 Å². The van der Waals surface area contributed by atoms with Gasteiger partial charge in [0.2, 0.25) is 0 Å². The van der Waals surface area contributed by atoms with Gasteiger partial charge in [0, 0.05) is 5.56 Å². The van der Waals surface area contributed by atoms with E-state index in [0.717, 1.165) is 93.1 Å². The molecule has 0 aromatic heterocycles. The van der Waals surface area contributed by atoms with E-state index >= 15 is 0 Å². The molecule has 0 saturated carbocycles. The molecular formula is C57H39N7O15S6. The third-order valence-electron chi connectivity index (χ3n) is 11.9. The first-order valence-corrected chi connectivity index (χ1v) is 30.7. The van der Waals surface area contributed by atoms with E-state index in [-0.39, 0.29) is 39.9 Å². The second kappa shape index (κ2) is 24.4. The molecule has 0 saturated heterocycles. The van der Waals surface area contributed by atoms with Crippen LogP contribution >= 0.6 is 34.0 Å². The van der Waals surface area contributed by atoms with Crippen molar-refractivity contribution in [2.45, 2.75) is 14.7 Å². The molecule has 0 atom stereocenters. The number of hydrogen-bond donors (Lipinski definition) is 6. The summed E-state index contributed by atoms with van der Waals surface area (Å²) in [5, 5.41) is 30.9. The van der Waals surface area contributed by atoms with Crippen molar-refractivity contribution < 1.29 is 68.6 Å². The van der Waals surface area contributed by atoms with E-state index in [1.165, 1.54) is 40.9 Å². The van der Waals surface area contributed by atoms with E-state index < -0.39 is 62.9 Å². The molecule has 3 aliphatic carbocycles. The minimum atomic E-state index is -4.67. The molecule has 9 N–H and O–H groups in total. The Balaban J connectivity index is 0.000000152. The summed E-state index contributed by atoms with van der Waals surface area (Å²) in [6.07, 6.45) is 0. The Morgan fingerprint density at radius 1 is 0.412 bits per heavy atom. The first-order valence-electron chi connectivity index (χ1n) is 24.0. The number of para-hydroxylation sites is 3. The van der Waals surface area contributed by atoms with Crippen LogP contribution in [0.3, 0.4) is 0 Å². The van der Waals surface area contributed by atoms with Gasteiger partial charge in [-0.1, -0.05) is 36.4 Å².